The molecule has 15 nitrogen and oxygen atoms in total. The van der Waals surface area contributed by atoms with Crippen LogP contribution >= 0.6 is 11.6 Å². The van der Waals surface area contributed by atoms with Gasteiger partial charge < -0.3 is 40.7 Å². The van der Waals surface area contributed by atoms with E-state index in [1.165, 1.54) is 21.6 Å². The van der Waals surface area contributed by atoms with Gasteiger partial charge in [-0.25, -0.2) is 9.59 Å². The summed E-state index contributed by atoms with van der Waals surface area (Å²) in [5.74, 6) is -3.53. The normalized spacial score (nSPS) is 28.0. The predicted molar refractivity (Wildman–Crippen MR) is 206 cm³/mol. The minimum absolute atomic E-state index is 0.0498. The zero-order valence-electron chi connectivity index (χ0n) is 31.9. The number of nitrogens with zero attached hydrogens (tertiary/aromatic N) is 3. The van der Waals surface area contributed by atoms with Crippen molar-refractivity contribution in [1.29, 1.82) is 0 Å². The molecule has 0 bridgehead atoms. The second-order valence-electron chi connectivity index (χ2n) is 15.3. The Labute approximate surface area is 331 Å². The lowest BCUT2D eigenvalue weighted by Gasteiger charge is -2.39. The van der Waals surface area contributed by atoms with Gasteiger partial charge in [0, 0.05) is 36.8 Å². The number of anilines is 1. The molecule has 300 valence electrons. The van der Waals surface area contributed by atoms with E-state index >= 15 is 0 Å². The van der Waals surface area contributed by atoms with Gasteiger partial charge in [-0.15, -0.1) is 0 Å². The van der Waals surface area contributed by atoms with E-state index in [1.807, 2.05) is 13.0 Å². The standard InChI is InChI=1S/C40H50ClN7O8/c1-23-20-32-39(54)56-25(3)33(45-34(49)29(21-26-10-5-4-6-11-26)44-40(55)43-28-16-14-27(41)15-17-28)38(53)47-19-9-13-31(47)37(52)46-18-8-7-12-30(46)35(50)42-24(2)36(51)48(32)22-23/h4-6,10-11,14-17,23-25,29-33H,7-9,12-13,18-22H2,1-3H3,(H,42,50)(H,45,49)(H2,43,44,55). The van der Waals surface area contributed by atoms with Crippen LogP contribution < -0.4 is 21.3 Å². The molecule has 8 unspecified atom stereocenters. The predicted octanol–water partition coefficient (Wildman–Crippen LogP) is 2.62. The first-order chi connectivity index (χ1) is 26.8. The molecule has 0 aromatic heterocycles. The first kappa shape index (κ1) is 40.5. The molecule has 0 aliphatic carbocycles. The highest BCUT2D eigenvalue weighted by atomic mass is 35.5. The third kappa shape index (κ3) is 9.26. The molecule has 4 aliphatic rings. The van der Waals surface area contributed by atoms with Crippen LogP contribution in [-0.4, -0.2) is 118 Å². The molecule has 0 radical (unpaired) electrons. The van der Waals surface area contributed by atoms with E-state index < -0.39 is 83.9 Å². The number of halogens is 1. The Kier molecular flexibility index (Phi) is 12.8. The van der Waals surface area contributed by atoms with Gasteiger partial charge in [0.25, 0.3) is 0 Å². The summed E-state index contributed by atoms with van der Waals surface area (Å²) in [5.41, 5.74) is 1.16. The second-order valence-corrected chi connectivity index (χ2v) is 15.7. The van der Waals surface area contributed by atoms with Gasteiger partial charge in [-0.05, 0) is 88.1 Å². The number of benzene rings is 2. The summed E-state index contributed by atoms with van der Waals surface area (Å²) in [6.07, 6.45) is 1.69. The Morgan fingerprint density at radius 3 is 2.23 bits per heavy atom. The fraction of sp³-hybridized carbons (Fsp3) is 0.525. The number of hydrogen-bond donors (Lipinski definition) is 4. The van der Waals surface area contributed by atoms with E-state index in [4.69, 9.17) is 16.3 Å². The van der Waals surface area contributed by atoms with Crippen LogP contribution in [0.15, 0.2) is 54.6 Å². The quantitative estimate of drug-likeness (QED) is 0.322. The summed E-state index contributed by atoms with van der Waals surface area (Å²) in [6.45, 7) is 5.70. The topological polar surface area (TPSA) is 187 Å². The molecule has 0 spiro atoms. The van der Waals surface area contributed by atoms with E-state index in [1.54, 1.807) is 55.5 Å². The molecular weight excluding hydrogens is 742 g/mol. The van der Waals surface area contributed by atoms with Crippen molar-refractivity contribution in [2.45, 2.75) is 108 Å². The van der Waals surface area contributed by atoms with Crippen molar-refractivity contribution < 1.29 is 38.3 Å². The minimum Gasteiger partial charge on any atom is -0.458 e. The number of cyclic esters (lactones) is 1. The van der Waals surface area contributed by atoms with E-state index in [2.05, 4.69) is 21.3 Å². The summed E-state index contributed by atoms with van der Waals surface area (Å²) in [6, 6.07) is 8.33. The summed E-state index contributed by atoms with van der Waals surface area (Å²) < 4.78 is 5.94. The van der Waals surface area contributed by atoms with Gasteiger partial charge in [0.05, 0.1) is 0 Å². The zero-order chi connectivity index (χ0) is 40.1. The molecule has 4 heterocycles. The average molecular weight is 792 g/mol. The maximum absolute atomic E-state index is 14.7. The Morgan fingerprint density at radius 2 is 1.50 bits per heavy atom. The van der Waals surface area contributed by atoms with E-state index in [0.29, 0.717) is 55.8 Å². The maximum Gasteiger partial charge on any atom is 0.329 e. The van der Waals surface area contributed by atoms with Crippen molar-refractivity contribution in [1.82, 2.24) is 30.7 Å². The molecular formula is C40H50ClN7O8. The number of ether oxygens (including phenoxy) is 1. The maximum atomic E-state index is 14.7. The second kappa shape index (κ2) is 17.7. The third-order valence-corrected chi connectivity index (χ3v) is 11.3. The van der Waals surface area contributed by atoms with Gasteiger partial charge >= 0.3 is 12.0 Å². The van der Waals surface area contributed by atoms with Crippen molar-refractivity contribution in [3.8, 4) is 0 Å². The molecule has 0 saturated carbocycles. The van der Waals surface area contributed by atoms with Crippen LogP contribution in [0.3, 0.4) is 0 Å². The molecule has 8 atom stereocenters. The monoisotopic (exact) mass is 791 g/mol. The first-order valence-corrected chi connectivity index (χ1v) is 19.8. The van der Waals surface area contributed by atoms with E-state index in [0.717, 1.165) is 5.56 Å². The Hall–Kier alpha value is -5.18. The number of carbonyl (C=O) groups excluding carboxylic acids is 7. The molecule has 4 fully saturated rings. The van der Waals surface area contributed by atoms with Crippen LogP contribution in [0.5, 0.6) is 0 Å². The molecule has 6 rings (SSSR count). The van der Waals surface area contributed by atoms with Crippen LogP contribution in [0.25, 0.3) is 0 Å². The molecule has 16 heteroatoms. The van der Waals surface area contributed by atoms with Crippen molar-refractivity contribution in [2.75, 3.05) is 25.0 Å². The Morgan fingerprint density at radius 1 is 0.821 bits per heavy atom. The fourth-order valence-corrected chi connectivity index (χ4v) is 8.27. The number of esters is 1. The van der Waals surface area contributed by atoms with Gasteiger partial charge in [0.15, 0.2) is 0 Å². The van der Waals surface area contributed by atoms with Gasteiger partial charge in [0.2, 0.25) is 29.5 Å². The van der Waals surface area contributed by atoms with Crippen LogP contribution in [0, 0.1) is 5.92 Å². The van der Waals surface area contributed by atoms with Crippen molar-refractivity contribution in [2.24, 2.45) is 5.92 Å². The van der Waals surface area contributed by atoms with Gasteiger partial charge in [-0.3, -0.25) is 24.0 Å². The number of rotatable bonds is 6. The highest BCUT2D eigenvalue weighted by molar-refractivity contribution is 6.30. The Balaban J connectivity index is 1.32. The first-order valence-electron chi connectivity index (χ1n) is 19.4. The number of nitrogens with one attached hydrogen (secondary N) is 4. The minimum atomic E-state index is -1.48. The number of piperidine rings is 1. The fourth-order valence-electron chi connectivity index (χ4n) is 8.14. The van der Waals surface area contributed by atoms with Crippen LogP contribution in [0.1, 0.15) is 64.9 Å². The molecule has 4 aliphatic heterocycles. The zero-order valence-corrected chi connectivity index (χ0v) is 32.6. The average Bonchev–Trinajstić information content (AvgIpc) is 3.84. The SMILES string of the molecule is CC1CC2C(=O)OC(C)C(NC(=O)C(Cc3ccccc3)NC(=O)Nc3ccc(Cl)cc3)C(=O)N3CCCC3C(=O)N3CCCCC3C(=O)NC(C)C(=O)N2C1. The summed E-state index contributed by atoms with van der Waals surface area (Å²) in [7, 11) is 0. The van der Waals surface area contributed by atoms with Crippen molar-refractivity contribution in [3.05, 3.63) is 65.2 Å². The number of hydrogen-bond acceptors (Lipinski definition) is 8. The van der Waals surface area contributed by atoms with Crippen LogP contribution in [-0.2, 0) is 39.9 Å². The number of fused-ring (bicyclic) bond motifs is 3. The van der Waals surface area contributed by atoms with E-state index in [9.17, 15) is 33.6 Å². The van der Waals surface area contributed by atoms with Crippen LogP contribution in [0.2, 0.25) is 5.02 Å². The molecule has 56 heavy (non-hydrogen) atoms. The summed E-state index contributed by atoms with van der Waals surface area (Å²) >= 11 is 6.00. The van der Waals surface area contributed by atoms with E-state index in [-0.39, 0.29) is 25.4 Å². The number of amides is 7. The number of urea groups is 1. The molecule has 2 aromatic carbocycles. The highest BCUT2D eigenvalue weighted by Crippen LogP contribution is 2.29. The van der Waals surface area contributed by atoms with Crippen LogP contribution in [0.4, 0.5) is 10.5 Å². The molecule has 7 amide bonds. The molecule has 2 aromatic rings. The summed E-state index contributed by atoms with van der Waals surface area (Å²) in [5, 5.41) is 11.5. The van der Waals surface area contributed by atoms with Crippen molar-refractivity contribution >= 4 is 58.8 Å². The Bertz CT molecular complexity index is 1810. The summed E-state index contributed by atoms with van der Waals surface area (Å²) in [4.78, 5) is 102. The van der Waals surface area contributed by atoms with Gasteiger partial charge in [0.1, 0.15) is 42.4 Å². The van der Waals surface area contributed by atoms with Gasteiger partial charge in [-0.2, -0.15) is 0 Å². The molecule has 4 N–H and O–H groups in total. The van der Waals surface area contributed by atoms with Crippen molar-refractivity contribution in [3.63, 3.8) is 0 Å². The number of carbonyl (C=O) groups is 7. The lowest BCUT2D eigenvalue weighted by Crippen LogP contribution is -2.63. The van der Waals surface area contributed by atoms with Gasteiger partial charge in [-0.1, -0.05) is 48.9 Å². The largest absolute Gasteiger partial charge is 0.458 e. The lowest BCUT2D eigenvalue weighted by atomic mass is 9.99. The molecule has 4 saturated heterocycles. The lowest BCUT2D eigenvalue weighted by molar-refractivity contribution is -0.163. The third-order valence-electron chi connectivity index (χ3n) is 11.0. The highest BCUT2D eigenvalue weighted by Gasteiger charge is 2.47. The smallest absolute Gasteiger partial charge is 0.329 e.